The summed E-state index contributed by atoms with van der Waals surface area (Å²) in [6.07, 6.45) is 23.1. The number of rotatable bonds is 19. The highest BCUT2D eigenvalue weighted by molar-refractivity contribution is 5.83. The topological polar surface area (TPSA) is 53.3 Å². The van der Waals surface area contributed by atoms with Crippen LogP contribution < -0.4 is 4.90 Å². The maximum Gasteiger partial charge on any atom is 0.299 e. The van der Waals surface area contributed by atoms with E-state index >= 15 is 0 Å². The highest BCUT2D eigenvalue weighted by Gasteiger charge is 2.21. The first kappa shape index (κ1) is 37.5. The first-order valence-corrected chi connectivity index (χ1v) is 18.8. The summed E-state index contributed by atoms with van der Waals surface area (Å²) in [5.41, 5.74) is 12.9. The van der Waals surface area contributed by atoms with Crippen molar-refractivity contribution in [2.75, 3.05) is 11.4 Å². The van der Waals surface area contributed by atoms with Gasteiger partial charge in [-0.1, -0.05) is 133 Å². The maximum atomic E-state index is 10.7. The Hall–Kier alpha value is -4.36. The van der Waals surface area contributed by atoms with E-state index in [2.05, 4.69) is 93.3 Å². The van der Waals surface area contributed by atoms with E-state index in [1.54, 1.807) is 6.08 Å². The number of carbonyl (C=O) groups excluding carboxylic acids is 1. The van der Waals surface area contributed by atoms with Crippen molar-refractivity contribution in [1.29, 1.82) is 5.26 Å². The highest BCUT2D eigenvalue weighted by Crippen LogP contribution is 2.38. The van der Waals surface area contributed by atoms with Gasteiger partial charge < -0.3 is 9.64 Å². The SMILES string of the molecule is CCCCCCCCCCN1c2ccc(C=C(CC)CC)cc2CCc2cc(/C=C(\CCC)c3ccc(/C=C(/C#N)OC=O)cc3)ccc21. The summed E-state index contributed by atoms with van der Waals surface area (Å²) >= 11 is 0. The maximum absolute atomic E-state index is 10.7. The van der Waals surface area contributed by atoms with Crippen molar-refractivity contribution in [2.45, 2.75) is 118 Å². The second kappa shape index (κ2) is 20.2. The zero-order valence-corrected chi connectivity index (χ0v) is 30.4. The predicted octanol–water partition coefficient (Wildman–Crippen LogP) is 12.6. The van der Waals surface area contributed by atoms with Gasteiger partial charge in [-0.2, -0.15) is 5.26 Å². The van der Waals surface area contributed by atoms with Crippen LogP contribution in [0.15, 0.2) is 72.0 Å². The smallest absolute Gasteiger partial charge is 0.299 e. The van der Waals surface area contributed by atoms with E-state index in [-0.39, 0.29) is 12.2 Å². The average Bonchev–Trinajstić information content (AvgIpc) is 3.27. The minimum Gasteiger partial charge on any atom is -0.417 e. The summed E-state index contributed by atoms with van der Waals surface area (Å²) in [5, 5.41) is 9.21. The molecule has 0 fully saturated rings. The van der Waals surface area contributed by atoms with E-state index in [4.69, 9.17) is 4.74 Å². The third kappa shape index (κ3) is 11.1. The largest absolute Gasteiger partial charge is 0.417 e. The van der Waals surface area contributed by atoms with Gasteiger partial charge in [0.05, 0.1) is 0 Å². The molecule has 0 unspecified atom stereocenters. The minimum absolute atomic E-state index is 0.0185. The molecule has 3 aromatic rings. The first-order valence-electron chi connectivity index (χ1n) is 18.8. The molecule has 0 saturated carbocycles. The van der Waals surface area contributed by atoms with Gasteiger partial charge in [-0.05, 0) is 108 Å². The van der Waals surface area contributed by atoms with Gasteiger partial charge in [0, 0.05) is 17.9 Å². The van der Waals surface area contributed by atoms with Gasteiger partial charge in [0.1, 0.15) is 6.07 Å². The molecule has 0 spiro atoms. The molecule has 0 atom stereocenters. The summed E-state index contributed by atoms with van der Waals surface area (Å²) < 4.78 is 4.75. The van der Waals surface area contributed by atoms with Crippen molar-refractivity contribution in [3.63, 3.8) is 0 Å². The standard InChI is InChI=1S/C45H56N2O2/c1-5-9-10-11-12-13-14-15-27-47-44-25-19-37(28-35(7-3)8-4)30-41(44)23-24-42-31-38(20-26-45(42)47)29-40(16-6-2)39-21-17-36(18-22-39)32-43(33-46)49-34-48/h17-22,25-26,28-32,34H,5-16,23-24,27H2,1-4H3/b40-29+,43-32-. The Kier molecular flexibility index (Phi) is 15.5. The third-order valence-corrected chi connectivity index (χ3v) is 9.69. The molecule has 0 N–H and O–H groups in total. The first-order chi connectivity index (χ1) is 24.0. The Morgan fingerprint density at radius 3 is 1.84 bits per heavy atom. The van der Waals surface area contributed by atoms with E-state index in [1.807, 2.05) is 18.2 Å². The number of anilines is 2. The lowest BCUT2D eigenvalue weighted by atomic mass is 9.96. The van der Waals surface area contributed by atoms with Gasteiger partial charge in [-0.3, -0.25) is 4.79 Å². The van der Waals surface area contributed by atoms with Crippen LogP contribution in [-0.4, -0.2) is 13.0 Å². The number of ether oxygens (including phenoxy) is 1. The normalized spacial score (nSPS) is 12.8. The van der Waals surface area contributed by atoms with Gasteiger partial charge in [-0.15, -0.1) is 0 Å². The van der Waals surface area contributed by atoms with Gasteiger partial charge in [0.15, 0.2) is 0 Å². The Bertz CT molecular complexity index is 1630. The predicted molar refractivity (Wildman–Crippen MR) is 208 cm³/mol. The summed E-state index contributed by atoms with van der Waals surface area (Å²) in [6.45, 7) is 10.3. The fraction of sp³-hybridized carbons (Fsp3) is 0.422. The van der Waals surface area contributed by atoms with Crippen LogP contribution in [0.1, 0.15) is 138 Å². The van der Waals surface area contributed by atoms with Gasteiger partial charge >= 0.3 is 0 Å². The number of carbonyl (C=O) groups is 1. The second-order valence-electron chi connectivity index (χ2n) is 13.3. The van der Waals surface area contributed by atoms with Crippen molar-refractivity contribution in [1.82, 2.24) is 0 Å². The molecule has 0 saturated heterocycles. The van der Waals surface area contributed by atoms with Crippen molar-refractivity contribution in [3.05, 3.63) is 105 Å². The van der Waals surface area contributed by atoms with E-state index in [0.29, 0.717) is 0 Å². The molecule has 1 aliphatic rings. The minimum atomic E-state index is -0.0185. The number of aryl methyl sites for hydroxylation is 2. The molecule has 3 aromatic carbocycles. The van der Waals surface area contributed by atoms with E-state index in [9.17, 15) is 10.1 Å². The fourth-order valence-corrected chi connectivity index (χ4v) is 6.91. The Balaban J connectivity index is 1.61. The van der Waals surface area contributed by atoms with Crippen molar-refractivity contribution < 1.29 is 9.53 Å². The number of hydrogen-bond donors (Lipinski definition) is 0. The lowest BCUT2D eigenvalue weighted by Crippen LogP contribution is -2.20. The van der Waals surface area contributed by atoms with E-state index in [1.165, 1.54) is 96.1 Å². The molecule has 4 rings (SSSR count). The molecular weight excluding hydrogens is 601 g/mol. The van der Waals surface area contributed by atoms with E-state index < -0.39 is 0 Å². The van der Waals surface area contributed by atoms with Crippen LogP contribution in [0, 0.1) is 11.3 Å². The molecule has 0 radical (unpaired) electrons. The van der Waals surface area contributed by atoms with Crippen LogP contribution in [0.2, 0.25) is 0 Å². The zero-order valence-electron chi connectivity index (χ0n) is 30.4. The summed E-state index contributed by atoms with van der Waals surface area (Å²) in [4.78, 5) is 13.3. The number of unbranched alkanes of at least 4 members (excludes halogenated alkanes) is 7. The molecule has 49 heavy (non-hydrogen) atoms. The van der Waals surface area contributed by atoms with Crippen molar-refractivity contribution in [3.8, 4) is 6.07 Å². The average molecular weight is 657 g/mol. The van der Waals surface area contributed by atoms with E-state index in [0.717, 1.165) is 56.2 Å². The number of hydrogen-bond acceptors (Lipinski definition) is 4. The fourth-order valence-electron chi connectivity index (χ4n) is 6.91. The lowest BCUT2D eigenvalue weighted by Gasteiger charge is -2.27. The number of allylic oxidation sites excluding steroid dienone is 3. The number of fused-ring (bicyclic) bond motifs is 2. The van der Waals surface area contributed by atoms with Crippen LogP contribution in [0.4, 0.5) is 11.4 Å². The van der Waals surface area contributed by atoms with Gasteiger partial charge in [0.25, 0.3) is 6.47 Å². The summed E-state index contributed by atoms with van der Waals surface area (Å²) in [5.74, 6) is -0.0185. The second-order valence-corrected chi connectivity index (χ2v) is 13.3. The van der Waals surface area contributed by atoms with Gasteiger partial charge in [-0.25, -0.2) is 0 Å². The number of benzene rings is 3. The number of nitriles is 1. The zero-order chi connectivity index (χ0) is 34.8. The quantitative estimate of drug-likeness (QED) is 0.0423. The van der Waals surface area contributed by atoms with Crippen LogP contribution in [0.25, 0.3) is 23.8 Å². The molecule has 258 valence electrons. The Morgan fingerprint density at radius 2 is 1.29 bits per heavy atom. The van der Waals surface area contributed by atoms with Crippen LogP contribution in [-0.2, 0) is 22.4 Å². The summed E-state index contributed by atoms with van der Waals surface area (Å²) in [6, 6.07) is 24.2. The molecule has 4 nitrogen and oxygen atoms in total. The monoisotopic (exact) mass is 656 g/mol. The van der Waals surface area contributed by atoms with Crippen molar-refractivity contribution in [2.24, 2.45) is 0 Å². The van der Waals surface area contributed by atoms with Crippen LogP contribution >= 0.6 is 0 Å². The lowest BCUT2D eigenvalue weighted by molar-refractivity contribution is -0.124. The highest BCUT2D eigenvalue weighted by atomic mass is 16.5. The Morgan fingerprint density at radius 1 is 0.714 bits per heavy atom. The molecule has 1 aliphatic heterocycles. The van der Waals surface area contributed by atoms with Gasteiger partial charge in [0.2, 0.25) is 5.76 Å². The third-order valence-electron chi connectivity index (χ3n) is 9.69. The molecule has 0 bridgehead atoms. The molecule has 0 amide bonds. The molecule has 0 aromatic heterocycles. The molecule has 1 heterocycles. The van der Waals surface area contributed by atoms with Crippen LogP contribution in [0.3, 0.4) is 0 Å². The van der Waals surface area contributed by atoms with Crippen molar-refractivity contribution >= 4 is 41.6 Å². The van der Waals surface area contributed by atoms with Crippen LogP contribution in [0.5, 0.6) is 0 Å². The molecule has 4 heteroatoms. The molecule has 0 aliphatic carbocycles. The molecular formula is C45H56N2O2. The summed E-state index contributed by atoms with van der Waals surface area (Å²) in [7, 11) is 0. The number of nitrogens with zero attached hydrogens (tertiary/aromatic N) is 2. The Labute approximate surface area is 296 Å².